The second kappa shape index (κ2) is 9.41. The van der Waals surface area contributed by atoms with E-state index in [4.69, 9.17) is 19.3 Å². The van der Waals surface area contributed by atoms with Gasteiger partial charge in [0.05, 0.1) is 17.3 Å². The van der Waals surface area contributed by atoms with Crippen molar-refractivity contribution >= 4 is 22.4 Å². The van der Waals surface area contributed by atoms with Crippen LogP contribution in [0.25, 0.3) is 28.0 Å². The van der Waals surface area contributed by atoms with E-state index in [9.17, 15) is 4.79 Å². The Labute approximate surface area is 226 Å². The average Bonchev–Trinajstić information content (AvgIpc) is 3.68. The molecule has 0 unspecified atom stereocenters. The van der Waals surface area contributed by atoms with Crippen molar-refractivity contribution in [2.75, 3.05) is 13.7 Å². The van der Waals surface area contributed by atoms with Gasteiger partial charge in [0, 0.05) is 17.3 Å². The van der Waals surface area contributed by atoms with Crippen LogP contribution in [0.2, 0.25) is 0 Å². The Morgan fingerprint density at radius 2 is 1.74 bits per heavy atom. The number of methoxy groups -OCH3 is 1. The van der Waals surface area contributed by atoms with E-state index in [1.807, 2.05) is 95.8 Å². The fraction of sp³-hybridized carbons (Fsp3) is 0.103. The van der Waals surface area contributed by atoms with Crippen molar-refractivity contribution in [3.8, 4) is 34.2 Å². The molecule has 0 saturated carbocycles. The Morgan fingerprint density at radius 1 is 0.974 bits per heavy atom. The number of para-hydroxylation sites is 3. The van der Waals surface area contributed by atoms with Crippen LogP contribution in [0.3, 0.4) is 0 Å². The molecule has 1 aliphatic rings. The maximum atomic E-state index is 13.4. The number of benzene rings is 3. The molecule has 0 spiro atoms. The zero-order valence-corrected chi connectivity index (χ0v) is 21.5. The van der Waals surface area contributed by atoms with Crippen LogP contribution >= 0.6 is 11.3 Å². The molecule has 7 rings (SSSR count). The summed E-state index contributed by atoms with van der Waals surface area (Å²) in [6, 6.07) is 25.0. The molecule has 39 heavy (non-hydrogen) atoms. The Balaban J connectivity index is 1.28. The minimum Gasteiger partial charge on any atom is -0.497 e. The number of hydrogen-bond acceptors (Lipinski definition) is 8. The van der Waals surface area contributed by atoms with Gasteiger partial charge in [-0.3, -0.25) is 4.79 Å². The van der Waals surface area contributed by atoms with Gasteiger partial charge in [-0.2, -0.15) is 14.6 Å². The van der Waals surface area contributed by atoms with E-state index >= 15 is 0 Å². The van der Waals surface area contributed by atoms with Crippen LogP contribution in [0.4, 0.5) is 0 Å². The second-order valence-corrected chi connectivity index (χ2v) is 9.90. The van der Waals surface area contributed by atoms with Gasteiger partial charge < -0.3 is 14.2 Å². The molecule has 0 amide bonds. The molecule has 3 aromatic carbocycles. The molecule has 1 atom stereocenters. The number of thiazole rings is 1. The summed E-state index contributed by atoms with van der Waals surface area (Å²) >= 11 is 1.27. The molecule has 0 saturated heterocycles. The van der Waals surface area contributed by atoms with Crippen molar-refractivity contribution in [2.24, 2.45) is 0 Å². The van der Waals surface area contributed by atoms with Gasteiger partial charge in [0.2, 0.25) is 4.96 Å². The first-order valence-electron chi connectivity index (χ1n) is 12.3. The zero-order chi connectivity index (χ0) is 26.3. The molecule has 0 fully saturated rings. The molecule has 9 nitrogen and oxygen atoms in total. The molecule has 3 aromatic heterocycles. The van der Waals surface area contributed by atoms with Crippen LogP contribution in [0, 0.1) is 0 Å². The van der Waals surface area contributed by atoms with Crippen LogP contribution in [-0.4, -0.2) is 38.1 Å². The summed E-state index contributed by atoms with van der Waals surface area (Å²) in [5.41, 5.74) is 3.11. The predicted octanol–water partition coefficient (Wildman–Crippen LogP) is 4.07. The Bertz CT molecular complexity index is 1910. The quantitative estimate of drug-likeness (QED) is 0.329. The summed E-state index contributed by atoms with van der Waals surface area (Å²) in [7, 11) is 1.63. The first kappa shape index (κ1) is 23.2. The largest absolute Gasteiger partial charge is 0.497 e. The Kier molecular flexibility index (Phi) is 5.59. The van der Waals surface area contributed by atoms with Gasteiger partial charge in [0.15, 0.2) is 23.4 Å². The van der Waals surface area contributed by atoms with E-state index in [2.05, 4.69) is 10.1 Å². The number of hydrogen-bond donors (Lipinski definition) is 0. The van der Waals surface area contributed by atoms with Crippen LogP contribution in [-0.2, 0) is 0 Å². The first-order valence-corrected chi connectivity index (χ1v) is 13.1. The Hall–Kier alpha value is -4.96. The maximum absolute atomic E-state index is 13.4. The molecule has 0 aliphatic carbocycles. The van der Waals surface area contributed by atoms with E-state index in [1.54, 1.807) is 7.11 Å². The molecule has 6 aromatic rings. The summed E-state index contributed by atoms with van der Waals surface area (Å²) < 4.78 is 20.8. The molecule has 0 radical (unpaired) electrons. The average molecular weight is 536 g/mol. The van der Waals surface area contributed by atoms with Gasteiger partial charge in [-0.05, 0) is 54.6 Å². The van der Waals surface area contributed by atoms with Crippen molar-refractivity contribution in [1.82, 2.24) is 24.4 Å². The maximum Gasteiger partial charge on any atom is 0.291 e. The highest BCUT2D eigenvalue weighted by atomic mass is 32.1. The Morgan fingerprint density at radius 3 is 2.51 bits per heavy atom. The predicted molar refractivity (Wildman–Crippen MR) is 147 cm³/mol. The third-order valence-corrected chi connectivity index (χ3v) is 7.37. The monoisotopic (exact) mass is 535 g/mol. The van der Waals surface area contributed by atoms with E-state index < -0.39 is 6.10 Å². The topological polar surface area (TPSA) is 92.8 Å². The standard InChI is InChI=1S/C29H21N5O4S/c1-36-21-13-11-18(12-14-21)26-19(16-33(31-26)20-7-3-2-4-8-20)15-25-28(35)34-29(39-25)30-27(32-34)24-17-37-22-9-5-6-10-23(22)38-24/h2-16,24H,17H2,1H3/b25-15-/t24-/m0/s1. The minimum absolute atomic E-state index is 0.251. The van der Waals surface area contributed by atoms with Crippen LogP contribution in [0.15, 0.2) is 89.9 Å². The van der Waals surface area contributed by atoms with Gasteiger partial charge in [0.25, 0.3) is 5.56 Å². The van der Waals surface area contributed by atoms with E-state index in [1.165, 1.54) is 15.9 Å². The van der Waals surface area contributed by atoms with Crippen molar-refractivity contribution in [2.45, 2.75) is 6.10 Å². The molecule has 4 heterocycles. The normalized spacial score (nSPS) is 15.1. The summed E-state index contributed by atoms with van der Waals surface area (Å²) in [6.45, 7) is 0.270. The van der Waals surface area contributed by atoms with Crippen LogP contribution in [0.1, 0.15) is 17.5 Å². The van der Waals surface area contributed by atoms with Crippen LogP contribution < -0.4 is 24.3 Å². The van der Waals surface area contributed by atoms with Crippen LogP contribution in [0.5, 0.6) is 17.2 Å². The fourth-order valence-corrected chi connectivity index (χ4v) is 5.36. The summed E-state index contributed by atoms with van der Waals surface area (Å²) in [4.78, 5) is 18.4. The number of aromatic nitrogens is 5. The molecule has 0 N–H and O–H groups in total. The third-order valence-electron chi connectivity index (χ3n) is 6.41. The summed E-state index contributed by atoms with van der Waals surface area (Å²) in [6.07, 6.45) is 3.26. The fourth-order valence-electron chi connectivity index (χ4n) is 4.45. The van der Waals surface area contributed by atoms with E-state index in [0.29, 0.717) is 26.8 Å². The van der Waals surface area contributed by atoms with Gasteiger partial charge in [-0.15, -0.1) is 5.10 Å². The molecule has 0 bridgehead atoms. The van der Waals surface area contributed by atoms with E-state index in [0.717, 1.165) is 28.3 Å². The minimum atomic E-state index is -0.496. The molecule has 192 valence electrons. The molecule has 1 aliphatic heterocycles. The van der Waals surface area contributed by atoms with Gasteiger partial charge in [-0.25, -0.2) is 4.68 Å². The first-order chi connectivity index (χ1) is 19.2. The van der Waals surface area contributed by atoms with Gasteiger partial charge >= 0.3 is 0 Å². The van der Waals surface area contributed by atoms with Crippen molar-refractivity contribution in [3.63, 3.8) is 0 Å². The second-order valence-electron chi connectivity index (χ2n) is 8.89. The third kappa shape index (κ3) is 4.20. The van der Waals surface area contributed by atoms with Gasteiger partial charge in [0.1, 0.15) is 18.1 Å². The number of rotatable bonds is 5. The lowest BCUT2D eigenvalue weighted by atomic mass is 10.1. The lowest BCUT2D eigenvalue weighted by Crippen LogP contribution is -2.26. The summed E-state index contributed by atoms with van der Waals surface area (Å²) in [5, 5.41) is 9.31. The zero-order valence-electron chi connectivity index (χ0n) is 20.7. The van der Waals surface area contributed by atoms with Crippen molar-refractivity contribution < 1.29 is 14.2 Å². The van der Waals surface area contributed by atoms with Crippen molar-refractivity contribution in [3.05, 3.63) is 111 Å². The number of fused-ring (bicyclic) bond motifs is 2. The lowest BCUT2D eigenvalue weighted by molar-refractivity contribution is 0.0852. The van der Waals surface area contributed by atoms with Crippen molar-refractivity contribution in [1.29, 1.82) is 0 Å². The van der Waals surface area contributed by atoms with Gasteiger partial charge in [-0.1, -0.05) is 41.7 Å². The molecular formula is C29H21N5O4S. The highest BCUT2D eigenvalue weighted by molar-refractivity contribution is 7.15. The van der Waals surface area contributed by atoms with E-state index in [-0.39, 0.29) is 12.2 Å². The number of nitrogens with zero attached hydrogens (tertiary/aromatic N) is 5. The molecular weight excluding hydrogens is 514 g/mol. The highest BCUT2D eigenvalue weighted by Gasteiger charge is 2.27. The summed E-state index contributed by atoms with van der Waals surface area (Å²) in [5.74, 6) is 2.48. The SMILES string of the molecule is COc1ccc(-c2nn(-c3ccccc3)cc2/C=c2\sc3nc([C@@H]4COc5ccccc5O4)nn3c2=O)cc1. The smallest absolute Gasteiger partial charge is 0.291 e. The molecule has 10 heteroatoms. The number of ether oxygens (including phenoxy) is 3. The highest BCUT2D eigenvalue weighted by Crippen LogP contribution is 2.35. The lowest BCUT2D eigenvalue weighted by Gasteiger charge is -2.24.